The molecule has 2 aliphatic heterocycles. The molecule has 2 aromatic heterocycles. The number of halogens is 2. The zero-order chi connectivity index (χ0) is 27.2. The smallest absolute Gasteiger partial charge is 0.410 e. The first-order valence-electron chi connectivity index (χ1n) is 12.0. The molecule has 4 rings (SSSR count). The first kappa shape index (κ1) is 28.4. The van der Waals surface area contributed by atoms with Crippen molar-refractivity contribution in [2.24, 2.45) is 5.92 Å². The Morgan fingerprint density at radius 2 is 2.00 bits per heavy atom. The molecule has 3 N–H and O–H groups in total. The highest BCUT2D eigenvalue weighted by Gasteiger charge is 2.48. The van der Waals surface area contributed by atoms with E-state index in [1.165, 1.54) is 61.5 Å². The Balaban J connectivity index is 0.000000405. The van der Waals surface area contributed by atoms with Gasteiger partial charge in [0, 0.05) is 50.4 Å². The zero-order valence-electron chi connectivity index (χ0n) is 21.4. The summed E-state index contributed by atoms with van der Waals surface area (Å²) in [5.41, 5.74) is 0. The van der Waals surface area contributed by atoms with E-state index in [-0.39, 0.29) is 24.9 Å². The SMILES string of the molecule is CC1CCCN(C)C1.Cc1cnc(NC(=O)N(C)C2CN(c3nccc(NC(=O)O)n3)CCC2(F)F)s1. The minimum Gasteiger partial charge on any atom is -0.465 e. The third-order valence-electron chi connectivity index (χ3n) is 6.24. The summed E-state index contributed by atoms with van der Waals surface area (Å²) in [6.45, 7) is 6.50. The summed E-state index contributed by atoms with van der Waals surface area (Å²) < 4.78 is 29.1. The highest BCUT2D eigenvalue weighted by molar-refractivity contribution is 7.15. The molecule has 204 valence electrons. The molecule has 0 radical (unpaired) electrons. The predicted molar refractivity (Wildman–Crippen MR) is 139 cm³/mol. The standard InChI is InChI=1S/C16H19F2N7O3S.C7H15N/c1-9-7-20-13(29-9)23-14(26)24(2)10-8-25(6-4-16(10,17)18)12-19-5-3-11(21-12)22-15(27)28;1-7-4-3-5-8(2)6-7/h3,5,7,10H,4,6,8H2,1-2H3,(H,27,28)(H,19,21,22)(H,20,23,26);7H,3-6H2,1-2H3. The molecular weight excluding hydrogens is 506 g/mol. The van der Waals surface area contributed by atoms with E-state index in [2.05, 4.69) is 44.5 Å². The van der Waals surface area contributed by atoms with Gasteiger partial charge in [0.1, 0.15) is 11.9 Å². The summed E-state index contributed by atoms with van der Waals surface area (Å²) in [7, 11) is 3.50. The van der Waals surface area contributed by atoms with Crippen LogP contribution >= 0.6 is 11.3 Å². The molecule has 14 heteroatoms. The van der Waals surface area contributed by atoms with E-state index in [0.717, 1.165) is 15.7 Å². The van der Waals surface area contributed by atoms with Crippen molar-refractivity contribution in [3.63, 3.8) is 0 Å². The van der Waals surface area contributed by atoms with Crippen LogP contribution in [0.1, 0.15) is 31.1 Å². The Labute approximate surface area is 218 Å². The number of amides is 3. The molecule has 0 saturated carbocycles. The first-order chi connectivity index (χ1) is 17.4. The van der Waals surface area contributed by atoms with E-state index >= 15 is 0 Å². The third-order valence-corrected chi connectivity index (χ3v) is 7.07. The van der Waals surface area contributed by atoms with E-state index in [1.54, 1.807) is 6.20 Å². The number of hydrogen-bond acceptors (Lipinski definition) is 8. The fourth-order valence-corrected chi connectivity index (χ4v) is 4.96. The quantitative estimate of drug-likeness (QED) is 0.530. The van der Waals surface area contributed by atoms with Crippen molar-refractivity contribution in [3.8, 4) is 0 Å². The second kappa shape index (κ2) is 12.4. The monoisotopic (exact) mass is 540 g/mol. The van der Waals surface area contributed by atoms with Gasteiger partial charge in [-0.2, -0.15) is 4.98 Å². The highest BCUT2D eigenvalue weighted by Crippen LogP contribution is 2.33. The van der Waals surface area contributed by atoms with Crippen molar-refractivity contribution in [3.05, 3.63) is 23.3 Å². The largest absolute Gasteiger partial charge is 0.465 e. The summed E-state index contributed by atoms with van der Waals surface area (Å²) in [5, 5.41) is 13.7. The number of aryl methyl sites for hydroxylation is 1. The predicted octanol–water partition coefficient (Wildman–Crippen LogP) is 4.06. The van der Waals surface area contributed by atoms with Crippen molar-refractivity contribution in [1.82, 2.24) is 24.8 Å². The van der Waals surface area contributed by atoms with Crippen LogP contribution in [0.15, 0.2) is 18.5 Å². The molecule has 3 amide bonds. The number of alkyl halides is 2. The van der Waals surface area contributed by atoms with Gasteiger partial charge >= 0.3 is 12.1 Å². The number of carbonyl (C=O) groups excluding carboxylic acids is 1. The van der Waals surface area contributed by atoms with Crippen LogP contribution in [0.25, 0.3) is 0 Å². The van der Waals surface area contributed by atoms with Crippen LogP contribution in [-0.2, 0) is 0 Å². The maximum atomic E-state index is 14.6. The van der Waals surface area contributed by atoms with Gasteiger partial charge in [0.25, 0.3) is 5.92 Å². The molecule has 0 aromatic carbocycles. The molecule has 11 nitrogen and oxygen atoms in total. The molecule has 0 spiro atoms. The lowest BCUT2D eigenvalue weighted by Gasteiger charge is -2.42. The lowest BCUT2D eigenvalue weighted by atomic mass is 10.00. The number of anilines is 3. The van der Waals surface area contributed by atoms with E-state index in [1.807, 2.05) is 6.92 Å². The van der Waals surface area contributed by atoms with E-state index in [4.69, 9.17) is 5.11 Å². The van der Waals surface area contributed by atoms with Crippen LogP contribution in [0.5, 0.6) is 0 Å². The summed E-state index contributed by atoms with van der Waals surface area (Å²) in [4.78, 5) is 41.0. The number of likely N-dealkylation sites (tertiary alicyclic amines) is 1. The Kier molecular flexibility index (Phi) is 9.54. The molecule has 2 saturated heterocycles. The van der Waals surface area contributed by atoms with Gasteiger partial charge in [-0.1, -0.05) is 6.92 Å². The van der Waals surface area contributed by atoms with Gasteiger partial charge in [-0.15, -0.1) is 11.3 Å². The van der Waals surface area contributed by atoms with Crippen molar-refractivity contribution >= 4 is 40.4 Å². The first-order valence-corrected chi connectivity index (χ1v) is 12.9. The second-order valence-electron chi connectivity index (χ2n) is 9.47. The summed E-state index contributed by atoms with van der Waals surface area (Å²) >= 11 is 1.24. The number of urea groups is 1. The average molecular weight is 541 g/mol. The van der Waals surface area contributed by atoms with Crippen LogP contribution in [-0.4, -0.2) is 94.2 Å². The minimum atomic E-state index is -3.11. The molecule has 0 bridgehead atoms. The summed E-state index contributed by atoms with van der Waals surface area (Å²) in [5.74, 6) is -2.05. The fraction of sp³-hybridized carbons (Fsp3) is 0.609. The summed E-state index contributed by atoms with van der Waals surface area (Å²) in [6.07, 6.45) is 3.93. The van der Waals surface area contributed by atoms with E-state index in [0.29, 0.717) is 5.13 Å². The Morgan fingerprint density at radius 1 is 1.24 bits per heavy atom. The van der Waals surface area contributed by atoms with Crippen LogP contribution in [0.3, 0.4) is 0 Å². The Morgan fingerprint density at radius 3 is 2.59 bits per heavy atom. The normalized spacial score (nSPS) is 21.4. The zero-order valence-corrected chi connectivity index (χ0v) is 22.3. The molecule has 37 heavy (non-hydrogen) atoms. The Hall–Kier alpha value is -3.13. The molecule has 2 aliphatic rings. The summed E-state index contributed by atoms with van der Waals surface area (Å²) in [6, 6.07) is -0.784. The topological polar surface area (TPSA) is 127 Å². The number of likely N-dealkylation sites (N-methyl/N-ethyl adjacent to an activating group) is 1. The number of carboxylic acid groups (broad SMARTS) is 1. The molecule has 2 unspecified atom stereocenters. The van der Waals surface area contributed by atoms with Crippen molar-refractivity contribution in [1.29, 1.82) is 0 Å². The van der Waals surface area contributed by atoms with E-state index in [9.17, 15) is 18.4 Å². The van der Waals surface area contributed by atoms with Gasteiger partial charge in [0.05, 0.1) is 0 Å². The number of rotatable bonds is 4. The van der Waals surface area contributed by atoms with Gasteiger partial charge in [-0.3, -0.25) is 10.6 Å². The van der Waals surface area contributed by atoms with Gasteiger partial charge < -0.3 is 19.8 Å². The number of hydrogen-bond donors (Lipinski definition) is 3. The lowest BCUT2D eigenvalue weighted by Crippen LogP contribution is -2.60. The van der Waals surface area contributed by atoms with Gasteiger partial charge in [0.2, 0.25) is 5.95 Å². The van der Waals surface area contributed by atoms with Crippen LogP contribution in [0, 0.1) is 12.8 Å². The fourth-order valence-electron chi connectivity index (χ4n) is 4.31. The van der Waals surface area contributed by atoms with Gasteiger partial charge in [-0.05, 0) is 45.3 Å². The Bertz CT molecular complexity index is 1060. The van der Waals surface area contributed by atoms with Crippen LogP contribution in [0.2, 0.25) is 0 Å². The number of carbonyl (C=O) groups is 2. The van der Waals surface area contributed by atoms with Gasteiger partial charge in [0.15, 0.2) is 5.13 Å². The lowest BCUT2D eigenvalue weighted by molar-refractivity contribution is -0.0760. The number of piperidine rings is 2. The highest BCUT2D eigenvalue weighted by atomic mass is 32.1. The number of nitrogens with zero attached hydrogens (tertiary/aromatic N) is 6. The third kappa shape index (κ3) is 8.18. The number of nitrogens with one attached hydrogen (secondary N) is 2. The van der Waals surface area contributed by atoms with Crippen LogP contribution < -0.4 is 15.5 Å². The maximum Gasteiger partial charge on any atom is 0.410 e. The van der Waals surface area contributed by atoms with Crippen molar-refractivity contribution < 1.29 is 23.5 Å². The molecule has 2 aromatic rings. The van der Waals surface area contributed by atoms with Crippen molar-refractivity contribution in [2.75, 3.05) is 55.8 Å². The van der Waals surface area contributed by atoms with E-state index < -0.39 is 30.5 Å². The molecular formula is C23H34F2N8O3S. The molecule has 0 aliphatic carbocycles. The molecule has 2 atom stereocenters. The van der Waals surface area contributed by atoms with Crippen LogP contribution in [0.4, 0.5) is 35.3 Å². The molecule has 2 fully saturated rings. The minimum absolute atomic E-state index is 0.0293. The average Bonchev–Trinajstić information content (AvgIpc) is 3.23. The number of aromatic nitrogens is 3. The number of thiazole rings is 1. The maximum absolute atomic E-state index is 14.6. The van der Waals surface area contributed by atoms with Crippen molar-refractivity contribution in [2.45, 2.75) is 45.1 Å². The molecule has 4 heterocycles. The van der Waals surface area contributed by atoms with Gasteiger partial charge in [-0.25, -0.2) is 28.3 Å². The second-order valence-corrected chi connectivity index (χ2v) is 10.7.